The average Bonchev–Trinajstić information content (AvgIpc) is 2.06. The van der Waals surface area contributed by atoms with Gasteiger partial charge < -0.3 is 5.73 Å². The minimum atomic E-state index is 0.134. The van der Waals surface area contributed by atoms with Crippen LogP contribution in [0.2, 0.25) is 0 Å². The molecule has 0 saturated heterocycles. The molecule has 12 heavy (non-hydrogen) atoms. The molecular formula is C8H20I3N. The molecule has 1 nitrogen and oxygen atoms in total. The number of hydrogen-bond donors (Lipinski definition) is 1. The van der Waals surface area contributed by atoms with E-state index in [4.69, 9.17) is 5.73 Å². The van der Waals surface area contributed by atoms with E-state index in [-0.39, 0.29) is 5.54 Å². The Labute approximate surface area is 107 Å². The van der Waals surface area contributed by atoms with Crippen molar-refractivity contribution in [3.63, 3.8) is 0 Å². The van der Waals surface area contributed by atoms with E-state index in [1.165, 1.54) is 12.8 Å². The first-order valence-electron chi connectivity index (χ1n) is 4.28. The van der Waals surface area contributed by atoms with E-state index in [9.17, 15) is 0 Å². The quantitative estimate of drug-likeness (QED) is 0.545. The van der Waals surface area contributed by atoms with Crippen LogP contribution >= 0.6 is 50.5 Å². The van der Waals surface area contributed by atoms with Crippen LogP contribution in [0, 0.1) is 0 Å². The SMILES string of the molecule is CCCC(N)(CC)CC.I[IH]I. The Bertz CT molecular complexity index is 84.4. The molecule has 2 N–H and O–H groups in total. The summed E-state index contributed by atoms with van der Waals surface area (Å²) >= 11 is 5.22. The van der Waals surface area contributed by atoms with Crippen LogP contribution in [-0.2, 0) is 0 Å². The Morgan fingerprint density at radius 3 is 1.58 bits per heavy atom. The van der Waals surface area contributed by atoms with Gasteiger partial charge in [-0.05, 0) is 19.3 Å². The van der Waals surface area contributed by atoms with Gasteiger partial charge in [0.05, 0.1) is 0 Å². The average molecular weight is 511 g/mol. The Morgan fingerprint density at radius 2 is 1.50 bits per heavy atom. The van der Waals surface area contributed by atoms with Gasteiger partial charge in [-0.25, -0.2) is 0 Å². The molecule has 0 saturated carbocycles. The van der Waals surface area contributed by atoms with Gasteiger partial charge in [0.15, 0.2) is 0 Å². The summed E-state index contributed by atoms with van der Waals surface area (Å²) < 4.78 is 0. The standard InChI is InChI=1S/C8H19N.HI3/c1-4-7-8(9,5-2)6-3;1-3-2/h4-7,9H2,1-3H3;3H. The molecule has 0 atom stereocenters. The predicted octanol–water partition coefficient (Wildman–Crippen LogP) is 4.69. The second kappa shape index (κ2) is 11.2. The molecule has 0 bridgehead atoms. The monoisotopic (exact) mass is 511 g/mol. The molecule has 0 aliphatic rings. The van der Waals surface area contributed by atoms with Gasteiger partial charge in [-0.3, -0.25) is 0 Å². The van der Waals surface area contributed by atoms with Crippen molar-refractivity contribution in [2.45, 2.75) is 52.0 Å². The normalized spacial score (nSPS) is 10.8. The van der Waals surface area contributed by atoms with E-state index >= 15 is 0 Å². The van der Waals surface area contributed by atoms with Crippen LogP contribution in [0.25, 0.3) is 0 Å². The Morgan fingerprint density at radius 1 is 1.17 bits per heavy atom. The van der Waals surface area contributed by atoms with Crippen molar-refractivity contribution in [2.75, 3.05) is 0 Å². The van der Waals surface area contributed by atoms with Crippen molar-refractivity contribution in [3.8, 4) is 0 Å². The molecule has 0 aromatic heterocycles. The van der Waals surface area contributed by atoms with Crippen LogP contribution in [-0.4, -0.2) is 5.54 Å². The summed E-state index contributed by atoms with van der Waals surface area (Å²) in [4.78, 5) is 0. The van der Waals surface area contributed by atoms with Gasteiger partial charge in [-0.1, -0.05) is 27.2 Å². The van der Waals surface area contributed by atoms with Gasteiger partial charge in [0, 0.05) is 5.54 Å². The molecule has 78 valence electrons. The third-order valence-electron chi connectivity index (χ3n) is 2.16. The van der Waals surface area contributed by atoms with Gasteiger partial charge in [-0.15, -0.1) is 0 Å². The number of halogens is 3. The molecule has 0 aliphatic carbocycles. The summed E-state index contributed by atoms with van der Waals surface area (Å²) in [6.45, 7) is 6.52. The van der Waals surface area contributed by atoms with Crippen molar-refractivity contribution < 1.29 is 0 Å². The van der Waals surface area contributed by atoms with E-state index < -0.39 is 0 Å². The fraction of sp³-hybridized carbons (Fsp3) is 1.00. The molecule has 0 aliphatic heterocycles. The molecule has 0 rings (SSSR count). The van der Waals surface area contributed by atoms with Crippen LogP contribution in [0.1, 0.15) is 46.5 Å². The topological polar surface area (TPSA) is 26.0 Å². The van der Waals surface area contributed by atoms with Crippen LogP contribution in [0.5, 0.6) is 0 Å². The van der Waals surface area contributed by atoms with E-state index in [1.807, 2.05) is 0 Å². The van der Waals surface area contributed by atoms with Gasteiger partial charge in [0.2, 0.25) is 0 Å². The number of nitrogens with two attached hydrogens (primary N) is 1. The Kier molecular flexibility index (Phi) is 15.5. The Hall–Kier alpha value is 2.15. The molecule has 0 unspecified atom stereocenters. The van der Waals surface area contributed by atoms with Crippen molar-refractivity contribution in [3.05, 3.63) is 0 Å². The predicted molar refractivity (Wildman–Crippen MR) is 85.9 cm³/mol. The van der Waals surface area contributed by atoms with Crippen molar-refractivity contribution in [1.29, 1.82) is 0 Å². The zero-order chi connectivity index (χ0) is 10.0. The van der Waals surface area contributed by atoms with Crippen molar-refractivity contribution in [1.82, 2.24) is 0 Å². The Balaban J connectivity index is 0. The molecule has 0 aromatic carbocycles. The fourth-order valence-electron chi connectivity index (χ4n) is 1.10. The van der Waals surface area contributed by atoms with Gasteiger partial charge in [-0.2, -0.15) is 0 Å². The van der Waals surface area contributed by atoms with Gasteiger partial charge in [0.1, 0.15) is 0 Å². The zero-order valence-corrected chi connectivity index (χ0v) is 14.7. The van der Waals surface area contributed by atoms with Crippen LogP contribution in [0.4, 0.5) is 0 Å². The van der Waals surface area contributed by atoms with E-state index in [0.717, 1.165) is 12.8 Å². The van der Waals surface area contributed by atoms with Crippen LogP contribution < -0.4 is 5.73 Å². The van der Waals surface area contributed by atoms with E-state index in [2.05, 4.69) is 58.0 Å². The molecule has 4 heteroatoms. The first kappa shape index (κ1) is 16.6. The summed E-state index contributed by atoms with van der Waals surface area (Å²) in [6, 6.07) is 0. The van der Waals surface area contributed by atoms with E-state index in [1.54, 1.807) is 0 Å². The summed E-state index contributed by atoms with van der Waals surface area (Å²) in [6.07, 6.45) is 4.59. The van der Waals surface area contributed by atoms with Crippen molar-refractivity contribution in [2.24, 2.45) is 5.73 Å². The summed E-state index contributed by atoms with van der Waals surface area (Å²) in [5.41, 5.74) is 6.14. The first-order valence-corrected chi connectivity index (χ1v) is 17.9. The third-order valence-corrected chi connectivity index (χ3v) is 2.16. The first-order chi connectivity index (χ1) is 5.60. The molecule has 0 amide bonds. The van der Waals surface area contributed by atoms with Gasteiger partial charge >= 0.3 is 50.5 Å². The van der Waals surface area contributed by atoms with Gasteiger partial charge in [0.25, 0.3) is 0 Å². The van der Waals surface area contributed by atoms with E-state index in [0.29, 0.717) is 13.3 Å². The minimum absolute atomic E-state index is 0.134. The number of hydrogen-bond acceptors (Lipinski definition) is 1. The molecule has 0 radical (unpaired) electrons. The fourth-order valence-corrected chi connectivity index (χ4v) is 1.10. The summed E-state index contributed by atoms with van der Waals surface area (Å²) in [5.74, 6) is 0. The van der Waals surface area contributed by atoms with Crippen LogP contribution in [0.15, 0.2) is 0 Å². The number of rotatable bonds is 4. The maximum atomic E-state index is 6.01. The summed E-state index contributed by atoms with van der Waals surface area (Å²) in [7, 11) is 0. The zero-order valence-electron chi connectivity index (χ0n) is 8.07. The second-order valence-corrected chi connectivity index (χ2v) is 20.4. The molecule has 0 aromatic rings. The second-order valence-electron chi connectivity index (χ2n) is 2.88. The molecule has 0 fully saturated rings. The van der Waals surface area contributed by atoms with Crippen molar-refractivity contribution >= 4 is 50.5 Å². The molecular weight excluding hydrogens is 491 g/mol. The molecule has 0 heterocycles. The van der Waals surface area contributed by atoms with Crippen LogP contribution in [0.3, 0.4) is 0 Å². The molecule has 0 spiro atoms. The maximum absolute atomic E-state index is 6.01. The third kappa shape index (κ3) is 10.2. The summed E-state index contributed by atoms with van der Waals surface area (Å²) in [5, 5.41) is 0.